The maximum atomic E-state index is 12.8. The Kier molecular flexibility index (Phi) is 4.05. The molecule has 0 aliphatic heterocycles. The summed E-state index contributed by atoms with van der Waals surface area (Å²) in [6.45, 7) is 1.52. The van der Waals surface area contributed by atoms with Crippen molar-refractivity contribution in [2.75, 3.05) is 6.54 Å². The number of carbonyl (C=O) groups excluding carboxylic acids is 1. The number of benzene rings is 1. The van der Waals surface area contributed by atoms with Crippen molar-refractivity contribution >= 4 is 5.91 Å². The Morgan fingerprint density at radius 2 is 2.05 bits per heavy atom. The topological polar surface area (TPSA) is 75.1 Å². The number of aliphatic hydroxyl groups is 1. The van der Waals surface area contributed by atoms with E-state index >= 15 is 0 Å². The van der Waals surface area contributed by atoms with Crippen molar-refractivity contribution in [3.63, 3.8) is 0 Å². The molecule has 0 saturated carbocycles. The summed E-state index contributed by atoms with van der Waals surface area (Å²) in [6.07, 6.45) is 4.21. The minimum Gasteiger partial charge on any atom is -0.384 e. The van der Waals surface area contributed by atoms with E-state index in [0.29, 0.717) is 5.56 Å². The van der Waals surface area contributed by atoms with Crippen LogP contribution in [0.1, 0.15) is 23.0 Å². The van der Waals surface area contributed by atoms with Gasteiger partial charge in [0.1, 0.15) is 17.1 Å². The maximum absolute atomic E-state index is 12.8. The molecule has 1 aromatic heterocycles. The van der Waals surface area contributed by atoms with Crippen molar-refractivity contribution in [3.8, 4) is 0 Å². The van der Waals surface area contributed by atoms with Gasteiger partial charge in [0, 0.05) is 12.4 Å². The fraction of sp³-hybridized carbons (Fsp3) is 0.214. The third-order valence-corrected chi connectivity index (χ3v) is 2.86. The van der Waals surface area contributed by atoms with Crippen LogP contribution >= 0.6 is 0 Å². The molecule has 1 atom stereocenters. The standard InChI is InChI=1S/C14H14FN3O2/c1-14(20,10-2-4-11(15)5-3-10)9-18-13(19)12-8-16-6-7-17-12/h2-8,20H,9H2,1H3,(H,18,19). The molecule has 104 valence electrons. The molecule has 1 amide bonds. The Labute approximate surface area is 115 Å². The lowest BCUT2D eigenvalue weighted by Gasteiger charge is -2.24. The van der Waals surface area contributed by atoms with Crippen LogP contribution in [-0.4, -0.2) is 27.5 Å². The molecule has 0 saturated heterocycles. The first-order valence-electron chi connectivity index (χ1n) is 6.02. The molecule has 0 aliphatic carbocycles. The summed E-state index contributed by atoms with van der Waals surface area (Å²) >= 11 is 0. The van der Waals surface area contributed by atoms with E-state index in [2.05, 4.69) is 15.3 Å². The number of nitrogens with one attached hydrogen (secondary N) is 1. The van der Waals surface area contributed by atoms with Crippen molar-refractivity contribution in [1.29, 1.82) is 0 Å². The first kappa shape index (κ1) is 14.1. The molecule has 1 heterocycles. The van der Waals surface area contributed by atoms with E-state index in [1.807, 2.05) is 0 Å². The van der Waals surface area contributed by atoms with Gasteiger partial charge in [-0.2, -0.15) is 0 Å². The van der Waals surface area contributed by atoms with Crippen LogP contribution in [0, 0.1) is 5.82 Å². The monoisotopic (exact) mass is 275 g/mol. The number of hydrogen-bond acceptors (Lipinski definition) is 4. The van der Waals surface area contributed by atoms with Gasteiger partial charge in [0.05, 0.1) is 12.7 Å². The number of carbonyl (C=O) groups is 1. The van der Waals surface area contributed by atoms with Gasteiger partial charge in [0.25, 0.3) is 5.91 Å². The fourth-order valence-electron chi connectivity index (χ4n) is 1.67. The fourth-order valence-corrected chi connectivity index (χ4v) is 1.67. The number of rotatable bonds is 4. The van der Waals surface area contributed by atoms with E-state index in [4.69, 9.17) is 0 Å². The second-order valence-electron chi connectivity index (χ2n) is 4.55. The summed E-state index contributed by atoms with van der Waals surface area (Å²) in [5, 5.41) is 12.9. The van der Waals surface area contributed by atoms with Crippen LogP contribution in [0.5, 0.6) is 0 Å². The average molecular weight is 275 g/mol. The maximum Gasteiger partial charge on any atom is 0.271 e. The van der Waals surface area contributed by atoms with Crippen LogP contribution in [0.25, 0.3) is 0 Å². The molecule has 2 rings (SSSR count). The largest absolute Gasteiger partial charge is 0.384 e. The summed E-state index contributed by atoms with van der Waals surface area (Å²) in [7, 11) is 0. The van der Waals surface area contributed by atoms with Gasteiger partial charge in [-0.3, -0.25) is 9.78 Å². The van der Waals surface area contributed by atoms with Gasteiger partial charge in [0.2, 0.25) is 0 Å². The second-order valence-corrected chi connectivity index (χ2v) is 4.55. The quantitative estimate of drug-likeness (QED) is 0.880. The molecule has 2 aromatic rings. The number of amides is 1. The third-order valence-electron chi connectivity index (χ3n) is 2.86. The summed E-state index contributed by atoms with van der Waals surface area (Å²) in [5.41, 5.74) is -0.619. The van der Waals surface area contributed by atoms with Gasteiger partial charge in [-0.1, -0.05) is 12.1 Å². The zero-order valence-electron chi connectivity index (χ0n) is 10.9. The smallest absolute Gasteiger partial charge is 0.271 e. The first-order valence-corrected chi connectivity index (χ1v) is 6.02. The molecular formula is C14H14FN3O2. The van der Waals surface area contributed by atoms with Crippen molar-refractivity contribution in [1.82, 2.24) is 15.3 Å². The van der Waals surface area contributed by atoms with Crippen LogP contribution < -0.4 is 5.32 Å². The van der Waals surface area contributed by atoms with Gasteiger partial charge in [-0.05, 0) is 24.6 Å². The van der Waals surface area contributed by atoms with E-state index in [0.717, 1.165) is 0 Å². The van der Waals surface area contributed by atoms with E-state index < -0.39 is 11.5 Å². The molecule has 0 spiro atoms. The number of nitrogens with zero attached hydrogens (tertiary/aromatic N) is 2. The molecule has 1 aromatic carbocycles. The molecule has 2 N–H and O–H groups in total. The number of aromatic nitrogens is 2. The molecule has 0 bridgehead atoms. The minimum absolute atomic E-state index is 0.0198. The Bertz CT molecular complexity index is 585. The Morgan fingerprint density at radius 3 is 2.65 bits per heavy atom. The number of hydrogen-bond donors (Lipinski definition) is 2. The molecule has 0 aliphatic rings. The van der Waals surface area contributed by atoms with E-state index in [1.165, 1.54) is 49.8 Å². The molecule has 6 heteroatoms. The predicted molar refractivity (Wildman–Crippen MR) is 70.3 cm³/mol. The van der Waals surface area contributed by atoms with Gasteiger partial charge in [-0.25, -0.2) is 9.37 Å². The lowest BCUT2D eigenvalue weighted by Crippen LogP contribution is -2.38. The zero-order chi connectivity index (χ0) is 14.6. The average Bonchev–Trinajstić information content (AvgIpc) is 2.46. The van der Waals surface area contributed by atoms with E-state index in [-0.39, 0.29) is 18.1 Å². The normalized spacial score (nSPS) is 13.6. The summed E-state index contributed by atoms with van der Waals surface area (Å²) in [6, 6.07) is 5.47. The highest BCUT2D eigenvalue weighted by Gasteiger charge is 2.24. The molecule has 20 heavy (non-hydrogen) atoms. The summed E-state index contributed by atoms with van der Waals surface area (Å²) in [5.74, 6) is -0.811. The van der Waals surface area contributed by atoms with Crippen molar-refractivity contribution in [2.24, 2.45) is 0 Å². The predicted octanol–water partition coefficient (Wildman–Crippen LogP) is 1.25. The van der Waals surface area contributed by atoms with E-state index in [9.17, 15) is 14.3 Å². The van der Waals surface area contributed by atoms with Crippen molar-refractivity contribution in [3.05, 3.63) is 59.9 Å². The Morgan fingerprint density at radius 1 is 1.35 bits per heavy atom. The Hall–Kier alpha value is -2.34. The second kappa shape index (κ2) is 5.75. The number of halogens is 1. The third kappa shape index (κ3) is 3.36. The molecular weight excluding hydrogens is 261 g/mol. The summed E-state index contributed by atoms with van der Waals surface area (Å²) in [4.78, 5) is 19.4. The van der Waals surface area contributed by atoms with Crippen LogP contribution in [0.15, 0.2) is 42.9 Å². The van der Waals surface area contributed by atoms with Gasteiger partial charge in [0.15, 0.2) is 0 Å². The van der Waals surface area contributed by atoms with Crippen LogP contribution in [0.4, 0.5) is 4.39 Å². The lowest BCUT2D eigenvalue weighted by atomic mass is 9.96. The molecule has 0 radical (unpaired) electrons. The highest BCUT2D eigenvalue weighted by molar-refractivity contribution is 5.91. The minimum atomic E-state index is -1.30. The van der Waals surface area contributed by atoms with Crippen LogP contribution in [0.2, 0.25) is 0 Å². The van der Waals surface area contributed by atoms with Gasteiger partial charge in [-0.15, -0.1) is 0 Å². The van der Waals surface area contributed by atoms with Crippen LogP contribution in [-0.2, 0) is 5.60 Å². The van der Waals surface area contributed by atoms with E-state index in [1.54, 1.807) is 0 Å². The van der Waals surface area contributed by atoms with Crippen molar-refractivity contribution in [2.45, 2.75) is 12.5 Å². The van der Waals surface area contributed by atoms with Crippen molar-refractivity contribution < 1.29 is 14.3 Å². The SMILES string of the molecule is CC(O)(CNC(=O)c1cnccn1)c1ccc(F)cc1. The first-order chi connectivity index (χ1) is 9.49. The van der Waals surface area contributed by atoms with Gasteiger partial charge >= 0.3 is 0 Å². The lowest BCUT2D eigenvalue weighted by molar-refractivity contribution is 0.0524. The van der Waals surface area contributed by atoms with Gasteiger partial charge < -0.3 is 10.4 Å². The highest BCUT2D eigenvalue weighted by atomic mass is 19.1. The molecule has 1 unspecified atom stereocenters. The molecule has 5 nitrogen and oxygen atoms in total. The Balaban J connectivity index is 2.02. The molecule has 0 fully saturated rings. The zero-order valence-corrected chi connectivity index (χ0v) is 10.9. The van der Waals surface area contributed by atoms with Crippen LogP contribution in [0.3, 0.4) is 0 Å². The summed E-state index contributed by atoms with van der Waals surface area (Å²) < 4.78 is 12.8. The highest BCUT2D eigenvalue weighted by Crippen LogP contribution is 2.19.